The molecule has 100 valence electrons. The van der Waals surface area contributed by atoms with Gasteiger partial charge in [-0.05, 0) is 25.0 Å². The van der Waals surface area contributed by atoms with E-state index in [1.807, 2.05) is 18.7 Å². The van der Waals surface area contributed by atoms with Crippen LogP contribution in [0.1, 0.15) is 32.9 Å². The molecule has 0 aliphatic carbocycles. The quantitative estimate of drug-likeness (QED) is 0.826. The molecule has 0 saturated heterocycles. The largest absolute Gasteiger partial charge is 0.328 e. The second kappa shape index (κ2) is 6.08. The summed E-state index contributed by atoms with van der Waals surface area (Å²) in [5, 5.41) is 3.25. The smallest absolute Gasteiger partial charge is 0.194 e. The van der Waals surface area contributed by atoms with E-state index < -0.39 is 0 Å². The Bertz CT molecular complexity index is 499. The molecule has 0 amide bonds. The molecule has 0 saturated carbocycles. The van der Waals surface area contributed by atoms with Gasteiger partial charge in [-0.15, -0.1) is 23.1 Å². The van der Waals surface area contributed by atoms with Crippen molar-refractivity contribution in [2.24, 2.45) is 11.7 Å². The fraction of sp³-hybridized carbons (Fsp3) is 0.615. The van der Waals surface area contributed by atoms with Gasteiger partial charge in [0, 0.05) is 24.0 Å². The van der Waals surface area contributed by atoms with Crippen LogP contribution in [0.2, 0.25) is 0 Å². The van der Waals surface area contributed by atoms with E-state index in [-0.39, 0.29) is 6.04 Å². The van der Waals surface area contributed by atoms with E-state index in [2.05, 4.69) is 29.8 Å². The van der Waals surface area contributed by atoms with Crippen molar-refractivity contribution in [1.82, 2.24) is 9.38 Å². The number of nitrogens with two attached hydrogens (primary N) is 1. The zero-order chi connectivity index (χ0) is 13.1. The molecule has 0 radical (unpaired) electrons. The minimum absolute atomic E-state index is 0.175. The molecule has 0 spiro atoms. The van der Waals surface area contributed by atoms with Crippen LogP contribution in [0.25, 0.3) is 4.96 Å². The Morgan fingerprint density at radius 2 is 2.22 bits per heavy atom. The molecule has 0 fully saturated rings. The first kappa shape index (κ1) is 13.9. The highest BCUT2D eigenvalue weighted by Gasteiger charge is 2.14. The normalized spacial score (nSPS) is 13.6. The van der Waals surface area contributed by atoms with Crippen molar-refractivity contribution in [2.75, 3.05) is 5.75 Å². The lowest BCUT2D eigenvalue weighted by atomic mass is 10.2. The molecule has 18 heavy (non-hydrogen) atoms. The number of thiazole rings is 1. The monoisotopic (exact) mass is 283 g/mol. The molecule has 2 rings (SSSR count). The van der Waals surface area contributed by atoms with Gasteiger partial charge in [-0.2, -0.15) is 0 Å². The van der Waals surface area contributed by atoms with Crippen molar-refractivity contribution in [3.8, 4) is 0 Å². The SMILES string of the molecule is CC(C)CCSc1nc2sccn2c1CC(C)N. The van der Waals surface area contributed by atoms with E-state index in [4.69, 9.17) is 10.7 Å². The number of hydrogen-bond acceptors (Lipinski definition) is 4. The van der Waals surface area contributed by atoms with Crippen LogP contribution in [0.5, 0.6) is 0 Å². The van der Waals surface area contributed by atoms with Crippen LogP contribution in [-0.2, 0) is 6.42 Å². The van der Waals surface area contributed by atoms with Crippen LogP contribution in [0.15, 0.2) is 16.6 Å². The molecule has 0 aliphatic heterocycles. The third-order valence-corrected chi connectivity index (χ3v) is 4.57. The molecule has 0 bridgehead atoms. The van der Waals surface area contributed by atoms with Gasteiger partial charge in [0.2, 0.25) is 0 Å². The number of rotatable bonds is 6. The van der Waals surface area contributed by atoms with E-state index in [1.165, 1.54) is 17.1 Å². The second-order valence-corrected chi connectivity index (χ2v) is 7.09. The summed E-state index contributed by atoms with van der Waals surface area (Å²) in [5.74, 6) is 1.88. The maximum atomic E-state index is 5.94. The van der Waals surface area contributed by atoms with Crippen molar-refractivity contribution in [1.29, 1.82) is 0 Å². The topological polar surface area (TPSA) is 43.3 Å². The van der Waals surface area contributed by atoms with Crippen LogP contribution in [-0.4, -0.2) is 21.2 Å². The van der Waals surface area contributed by atoms with Gasteiger partial charge in [-0.1, -0.05) is 13.8 Å². The Hall–Kier alpha value is -0.520. The summed E-state index contributed by atoms with van der Waals surface area (Å²) in [6.45, 7) is 6.57. The van der Waals surface area contributed by atoms with Crippen LogP contribution in [0.4, 0.5) is 0 Å². The van der Waals surface area contributed by atoms with Gasteiger partial charge in [-0.25, -0.2) is 4.98 Å². The van der Waals surface area contributed by atoms with Gasteiger partial charge in [0.25, 0.3) is 0 Å². The van der Waals surface area contributed by atoms with Gasteiger partial charge in [0.1, 0.15) is 5.03 Å². The molecule has 1 atom stereocenters. The second-order valence-electron chi connectivity index (χ2n) is 5.13. The number of fused-ring (bicyclic) bond motifs is 1. The Kier molecular flexibility index (Phi) is 4.70. The molecular formula is C13H21N3S2. The standard InChI is InChI=1S/C13H21N3S2/c1-9(2)4-6-17-12-11(8-10(3)14)16-5-7-18-13(16)15-12/h5,7,9-10H,4,6,8,14H2,1-3H3. The number of nitrogens with zero attached hydrogens (tertiary/aromatic N) is 2. The number of imidazole rings is 1. The summed E-state index contributed by atoms with van der Waals surface area (Å²) in [6.07, 6.45) is 4.21. The van der Waals surface area contributed by atoms with E-state index in [0.717, 1.165) is 23.1 Å². The maximum absolute atomic E-state index is 5.94. The van der Waals surface area contributed by atoms with Gasteiger partial charge in [0.05, 0.1) is 5.69 Å². The van der Waals surface area contributed by atoms with Crippen molar-refractivity contribution >= 4 is 28.1 Å². The highest BCUT2D eigenvalue weighted by atomic mass is 32.2. The third kappa shape index (κ3) is 3.28. The molecule has 3 nitrogen and oxygen atoms in total. The summed E-state index contributed by atoms with van der Waals surface area (Å²) in [5.41, 5.74) is 7.22. The van der Waals surface area contributed by atoms with Gasteiger partial charge < -0.3 is 5.73 Å². The minimum atomic E-state index is 0.175. The average Bonchev–Trinajstić information content (AvgIpc) is 2.81. The molecule has 2 aromatic rings. The van der Waals surface area contributed by atoms with Gasteiger partial charge in [0.15, 0.2) is 4.96 Å². The molecule has 2 heterocycles. The Balaban J connectivity index is 2.17. The van der Waals surface area contributed by atoms with Crippen LogP contribution >= 0.6 is 23.1 Å². The van der Waals surface area contributed by atoms with Crippen LogP contribution < -0.4 is 5.73 Å². The van der Waals surface area contributed by atoms with Crippen molar-refractivity contribution in [3.63, 3.8) is 0 Å². The lowest BCUT2D eigenvalue weighted by Gasteiger charge is -2.07. The first-order chi connectivity index (χ1) is 8.58. The fourth-order valence-electron chi connectivity index (χ4n) is 1.81. The average molecular weight is 283 g/mol. The first-order valence-electron chi connectivity index (χ1n) is 6.40. The summed E-state index contributed by atoms with van der Waals surface area (Å²) in [7, 11) is 0. The van der Waals surface area contributed by atoms with Crippen molar-refractivity contribution < 1.29 is 0 Å². The predicted molar refractivity (Wildman–Crippen MR) is 80.6 cm³/mol. The molecule has 5 heteroatoms. The lowest BCUT2D eigenvalue weighted by Crippen LogP contribution is -2.19. The zero-order valence-electron chi connectivity index (χ0n) is 11.2. The Labute approximate surface area is 117 Å². The maximum Gasteiger partial charge on any atom is 0.194 e. The molecule has 0 aliphatic rings. The summed E-state index contributed by atoms with van der Waals surface area (Å²) < 4.78 is 2.19. The number of hydrogen-bond donors (Lipinski definition) is 1. The van der Waals surface area contributed by atoms with Crippen molar-refractivity contribution in [3.05, 3.63) is 17.3 Å². The third-order valence-electron chi connectivity index (χ3n) is 2.77. The number of aromatic nitrogens is 2. The Morgan fingerprint density at radius 1 is 1.44 bits per heavy atom. The molecular weight excluding hydrogens is 262 g/mol. The van der Waals surface area contributed by atoms with Gasteiger partial charge in [-0.3, -0.25) is 4.40 Å². The predicted octanol–water partition coefficient (Wildman–Crippen LogP) is 3.42. The van der Waals surface area contributed by atoms with E-state index >= 15 is 0 Å². The highest BCUT2D eigenvalue weighted by Crippen LogP contribution is 2.27. The first-order valence-corrected chi connectivity index (χ1v) is 8.27. The summed E-state index contributed by atoms with van der Waals surface area (Å²) in [6, 6.07) is 0.175. The van der Waals surface area contributed by atoms with E-state index in [0.29, 0.717) is 0 Å². The highest BCUT2D eigenvalue weighted by molar-refractivity contribution is 7.99. The van der Waals surface area contributed by atoms with Gasteiger partial charge >= 0.3 is 0 Å². The van der Waals surface area contributed by atoms with Crippen LogP contribution in [0, 0.1) is 5.92 Å². The molecule has 1 unspecified atom stereocenters. The summed E-state index contributed by atoms with van der Waals surface area (Å²) in [4.78, 5) is 5.79. The molecule has 2 aromatic heterocycles. The van der Waals surface area contributed by atoms with E-state index in [9.17, 15) is 0 Å². The minimum Gasteiger partial charge on any atom is -0.328 e. The zero-order valence-corrected chi connectivity index (χ0v) is 12.9. The van der Waals surface area contributed by atoms with Crippen molar-refractivity contribution in [2.45, 2.75) is 44.7 Å². The summed E-state index contributed by atoms with van der Waals surface area (Å²) >= 11 is 3.55. The van der Waals surface area contributed by atoms with E-state index in [1.54, 1.807) is 11.3 Å². The Morgan fingerprint density at radius 3 is 2.89 bits per heavy atom. The van der Waals surface area contributed by atoms with Crippen LogP contribution in [0.3, 0.4) is 0 Å². The lowest BCUT2D eigenvalue weighted by molar-refractivity contribution is 0.631. The molecule has 2 N–H and O–H groups in total. The molecule has 0 aromatic carbocycles. The number of thioether (sulfide) groups is 1. The fourth-order valence-corrected chi connectivity index (χ4v) is 3.88.